The molecule has 1 aliphatic heterocycles. The Balaban J connectivity index is 2.57. The Morgan fingerprint density at radius 3 is 3.00 bits per heavy atom. The predicted octanol–water partition coefficient (Wildman–Crippen LogP) is 1.88. The van der Waals surface area contributed by atoms with E-state index in [-0.39, 0.29) is 5.91 Å². The second kappa shape index (κ2) is 4.25. The fourth-order valence-electron chi connectivity index (χ4n) is 1.65. The van der Waals surface area contributed by atoms with E-state index in [1.165, 1.54) is 0 Å². The van der Waals surface area contributed by atoms with Crippen molar-refractivity contribution in [2.45, 2.75) is 18.2 Å². The van der Waals surface area contributed by atoms with E-state index in [0.29, 0.717) is 23.6 Å². The molecule has 1 N–H and O–H groups in total. The van der Waals surface area contributed by atoms with Crippen LogP contribution in [0.2, 0.25) is 0 Å². The van der Waals surface area contributed by atoms with Gasteiger partial charge < -0.3 is 5.32 Å². The molecule has 0 aromatic heterocycles. The maximum atomic E-state index is 12.6. The van der Waals surface area contributed by atoms with Crippen molar-refractivity contribution in [2.75, 3.05) is 17.6 Å². The van der Waals surface area contributed by atoms with Crippen LogP contribution in [0.4, 0.5) is 5.69 Å². The summed E-state index contributed by atoms with van der Waals surface area (Å²) in [6.45, 7) is 2.32. The summed E-state index contributed by atoms with van der Waals surface area (Å²) in [5.74, 6) is 0.108. The minimum atomic E-state index is -2.55. The lowest BCUT2D eigenvalue weighted by Crippen LogP contribution is -2.23. The first-order valence-corrected chi connectivity index (χ1v) is 6.95. The second-order valence-corrected chi connectivity index (χ2v) is 5.92. The fraction of sp³-hybridized carbons (Fsp3) is 0.364. The average Bonchev–Trinajstić information content (AvgIpc) is 2.29. The molecule has 1 heterocycles. The molecule has 1 amide bonds. The highest BCUT2D eigenvalue weighted by Crippen LogP contribution is 2.27. The van der Waals surface area contributed by atoms with Crippen molar-refractivity contribution in [3.8, 4) is 0 Å². The number of anilines is 1. The molecule has 4 nitrogen and oxygen atoms in total. The van der Waals surface area contributed by atoms with Crippen LogP contribution in [0.15, 0.2) is 33.5 Å². The third-order valence-electron chi connectivity index (χ3n) is 2.48. The molecule has 0 aliphatic carbocycles. The highest BCUT2D eigenvalue weighted by Gasteiger charge is 2.22. The Labute approximate surface area is 95.2 Å². The van der Waals surface area contributed by atoms with E-state index in [2.05, 4.69) is 9.68 Å². The topological polar surface area (TPSA) is 58.5 Å². The standard InChI is InChI=1S/C11H14N2O2S/c1-2-11(14)13-16(15)8-7-12-9-5-3-4-6-10(9)16/h3-6,12H,2,7-8H2,1H3. The van der Waals surface area contributed by atoms with Gasteiger partial charge in [-0.15, -0.1) is 0 Å². The zero-order valence-corrected chi connectivity index (χ0v) is 9.92. The van der Waals surface area contributed by atoms with Gasteiger partial charge in [0.15, 0.2) is 0 Å². The lowest BCUT2D eigenvalue weighted by Gasteiger charge is -2.20. The van der Waals surface area contributed by atoms with E-state index in [9.17, 15) is 9.00 Å². The molecule has 0 fully saturated rings. The van der Waals surface area contributed by atoms with Gasteiger partial charge in [-0.2, -0.15) is 4.36 Å². The molecule has 0 radical (unpaired) electrons. The number of hydrogen-bond acceptors (Lipinski definition) is 3. The molecule has 0 saturated heterocycles. The molecule has 0 saturated carbocycles. The van der Waals surface area contributed by atoms with Crippen LogP contribution in [0.25, 0.3) is 0 Å². The van der Waals surface area contributed by atoms with Crippen LogP contribution < -0.4 is 5.32 Å². The van der Waals surface area contributed by atoms with Crippen molar-refractivity contribution < 1.29 is 9.00 Å². The lowest BCUT2D eigenvalue weighted by atomic mass is 10.3. The third kappa shape index (κ3) is 1.95. The van der Waals surface area contributed by atoms with Crippen molar-refractivity contribution in [3.05, 3.63) is 24.3 Å². The summed E-state index contributed by atoms with van der Waals surface area (Å²) in [6.07, 6.45) is 0.298. The number of benzene rings is 1. The molecule has 1 aliphatic rings. The Hall–Kier alpha value is -1.36. The number of nitrogens with one attached hydrogen (secondary N) is 1. The lowest BCUT2D eigenvalue weighted by molar-refractivity contribution is -0.117. The number of carbonyl (C=O) groups is 1. The van der Waals surface area contributed by atoms with Gasteiger partial charge in [-0.3, -0.25) is 4.79 Å². The van der Waals surface area contributed by atoms with Crippen molar-refractivity contribution in [2.24, 2.45) is 4.36 Å². The summed E-state index contributed by atoms with van der Waals surface area (Å²) in [5.41, 5.74) is 0.825. The minimum absolute atomic E-state index is 0.290. The van der Waals surface area contributed by atoms with E-state index in [4.69, 9.17) is 0 Å². The molecule has 1 unspecified atom stereocenters. The molecule has 1 aromatic carbocycles. The number of nitrogens with zero attached hydrogens (tertiary/aromatic N) is 1. The molecule has 0 spiro atoms. The van der Waals surface area contributed by atoms with Crippen LogP contribution in [0, 0.1) is 0 Å². The van der Waals surface area contributed by atoms with Crippen LogP contribution in [-0.2, 0) is 14.5 Å². The van der Waals surface area contributed by atoms with Crippen LogP contribution in [0.3, 0.4) is 0 Å². The molecule has 0 bridgehead atoms. The molecular formula is C11H14N2O2S. The van der Waals surface area contributed by atoms with Crippen molar-refractivity contribution in [1.29, 1.82) is 0 Å². The largest absolute Gasteiger partial charge is 0.383 e. The number of rotatable bonds is 1. The zero-order chi connectivity index (χ0) is 11.6. The number of para-hydroxylation sites is 1. The van der Waals surface area contributed by atoms with Crippen LogP contribution >= 0.6 is 0 Å². The molecule has 16 heavy (non-hydrogen) atoms. The number of hydrogen-bond donors (Lipinski definition) is 1. The number of carbonyl (C=O) groups excluding carboxylic acids is 1. The van der Waals surface area contributed by atoms with E-state index < -0.39 is 9.73 Å². The van der Waals surface area contributed by atoms with Crippen molar-refractivity contribution >= 4 is 21.3 Å². The van der Waals surface area contributed by atoms with Gasteiger partial charge in [0.25, 0.3) is 5.91 Å². The van der Waals surface area contributed by atoms with Gasteiger partial charge >= 0.3 is 0 Å². The smallest absolute Gasteiger partial charge is 0.253 e. The summed E-state index contributed by atoms with van der Waals surface area (Å²) in [6, 6.07) is 7.33. The molecule has 1 atom stereocenters. The Bertz CT molecular complexity index is 531. The number of amides is 1. The molecule has 2 rings (SSSR count). The summed E-state index contributed by atoms with van der Waals surface area (Å²) >= 11 is 0. The van der Waals surface area contributed by atoms with Gasteiger partial charge in [-0.1, -0.05) is 19.1 Å². The zero-order valence-electron chi connectivity index (χ0n) is 9.10. The second-order valence-electron chi connectivity index (χ2n) is 3.61. The summed E-state index contributed by atoms with van der Waals surface area (Å²) in [5, 5.41) is 3.16. The van der Waals surface area contributed by atoms with Gasteiger partial charge in [-0.05, 0) is 12.1 Å². The Morgan fingerprint density at radius 1 is 1.50 bits per heavy atom. The van der Waals surface area contributed by atoms with Crippen LogP contribution in [-0.4, -0.2) is 22.4 Å². The van der Waals surface area contributed by atoms with Crippen molar-refractivity contribution in [3.63, 3.8) is 0 Å². The van der Waals surface area contributed by atoms with E-state index in [1.807, 2.05) is 18.2 Å². The highest BCUT2D eigenvalue weighted by molar-refractivity contribution is 7.94. The molecule has 1 aromatic rings. The van der Waals surface area contributed by atoms with Gasteiger partial charge in [0, 0.05) is 13.0 Å². The average molecular weight is 238 g/mol. The van der Waals surface area contributed by atoms with Crippen LogP contribution in [0.5, 0.6) is 0 Å². The SMILES string of the molecule is CCC(=O)N=S1(=O)CCNc2ccccc21. The molecular weight excluding hydrogens is 224 g/mol. The normalized spacial score (nSPS) is 23.1. The first-order chi connectivity index (χ1) is 7.65. The maximum absolute atomic E-state index is 12.6. The van der Waals surface area contributed by atoms with E-state index in [0.717, 1.165) is 5.69 Å². The quantitative estimate of drug-likeness (QED) is 0.812. The molecule has 5 heteroatoms. The van der Waals surface area contributed by atoms with E-state index >= 15 is 0 Å². The summed E-state index contributed by atoms with van der Waals surface area (Å²) < 4.78 is 16.4. The van der Waals surface area contributed by atoms with Gasteiger partial charge in [-0.25, -0.2) is 4.21 Å². The van der Waals surface area contributed by atoms with Gasteiger partial charge in [0.1, 0.15) is 0 Å². The third-order valence-corrected chi connectivity index (χ3v) is 4.78. The maximum Gasteiger partial charge on any atom is 0.253 e. The monoisotopic (exact) mass is 238 g/mol. The highest BCUT2D eigenvalue weighted by atomic mass is 32.2. The first kappa shape index (κ1) is 11.1. The molecule has 86 valence electrons. The minimum Gasteiger partial charge on any atom is -0.383 e. The predicted molar refractivity (Wildman–Crippen MR) is 63.9 cm³/mol. The van der Waals surface area contributed by atoms with Crippen LogP contribution in [0.1, 0.15) is 13.3 Å². The van der Waals surface area contributed by atoms with E-state index in [1.54, 1.807) is 13.0 Å². The van der Waals surface area contributed by atoms with Crippen molar-refractivity contribution in [1.82, 2.24) is 0 Å². The first-order valence-electron chi connectivity index (χ1n) is 5.26. The summed E-state index contributed by atoms with van der Waals surface area (Å²) in [4.78, 5) is 12.0. The fourth-order valence-corrected chi connectivity index (χ4v) is 3.67. The van der Waals surface area contributed by atoms with Gasteiger partial charge in [0.05, 0.1) is 26.1 Å². The van der Waals surface area contributed by atoms with Gasteiger partial charge in [0.2, 0.25) is 0 Å². The summed E-state index contributed by atoms with van der Waals surface area (Å²) in [7, 11) is -2.55. The Morgan fingerprint density at radius 2 is 2.25 bits per heavy atom. The number of fused-ring (bicyclic) bond motifs is 1. The Kier molecular flexibility index (Phi) is 2.96.